The minimum absolute atomic E-state index is 0.558. The molecule has 2 heterocycles. The van der Waals surface area contributed by atoms with E-state index in [2.05, 4.69) is 15.5 Å². The second-order valence-electron chi connectivity index (χ2n) is 4.72. The number of hydrogen-bond acceptors (Lipinski definition) is 4. The first-order valence-electron chi connectivity index (χ1n) is 6.39. The first-order valence-corrected chi connectivity index (χ1v) is 6.39. The van der Waals surface area contributed by atoms with Gasteiger partial charge in [-0.3, -0.25) is 0 Å². The maximum Gasteiger partial charge on any atom is 0.128 e. The predicted molar refractivity (Wildman–Crippen MR) is 70.8 cm³/mol. The van der Waals surface area contributed by atoms with Gasteiger partial charge in [-0.1, -0.05) is 6.07 Å². The van der Waals surface area contributed by atoms with Crippen LogP contribution in [-0.2, 0) is 6.42 Å². The van der Waals surface area contributed by atoms with E-state index in [9.17, 15) is 0 Å². The number of aromatic nitrogens is 2. The van der Waals surface area contributed by atoms with E-state index in [1.54, 1.807) is 7.11 Å². The van der Waals surface area contributed by atoms with Crippen LogP contribution in [0.25, 0.3) is 10.9 Å². The van der Waals surface area contributed by atoms with E-state index in [0.29, 0.717) is 6.04 Å². The molecule has 3 rings (SSSR count). The number of hydrogen-bond donors (Lipinski definition) is 1. The van der Waals surface area contributed by atoms with Gasteiger partial charge in [-0.25, -0.2) is 0 Å². The van der Waals surface area contributed by atoms with E-state index in [-0.39, 0.29) is 0 Å². The lowest BCUT2D eigenvalue weighted by Crippen LogP contribution is -2.23. The van der Waals surface area contributed by atoms with Crippen LogP contribution in [0.1, 0.15) is 18.4 Å². The van der Waals surface area contributed by atoms with Crippen molar-refractivity contribution < 1.29 is 4.74 Å². The third-order valence-corrected chi connectivity index (χ3v) is 3.55. The normalized spacial score (nSPS) is 19.3. The smallest absolute Gasteiger partial charge is 0.128 e. The first-order chi connectivity index (χ1) is 8.88. The highest BCUT2D eigenvalue weighted by Gasteiger charge is 2.17. The summed E-state index contributed by atoms with van der Waals surface area (Å²) in [5.41, 5.74) is 2.13. The highest BCUT2D eigenvalue weighted by atomic mass is 16.5. The van der Waals surface area contributed by atoms with Crippen molar-refractivity contribution in [3.63, 3.8) is 0 Å². The van der Waals surface area contributed by atoms with E-state index >= 15 is 0 Å². The van der Waals surface area contributed by atoms with Crippen LogP contribution in [0.15, 0.2) is 24.4 Å². The van der Waals surface area contributed by atoms with Gasteiger partial charge in [0, 0.05) is 11.4 Å². The molecule has 0 amide bonds. The van der Waals surface area contributed by atoms with Gasteiger partial charge >= 0.3 is 0 Å². The number of nitrogens with one attached hydrogen (secondary N) is 1. The number of fused-ring (bicyclic) bond motifs is 1. The molecule has 1 aliphatic heterocycles. The minimum atomic E-state index is 0.558. The molecule has 0 saturated carbocycles. The molecule has 2 aromatic rings. The highest BCUT2D eigenvalue weighted by Crippen LogP contribution is 2.28. The fourth-order valence-electron chi connectivity index (χ4n) is 2.67. The van der Waals surface area contributed by atoms with Crippen molar-refractivity contribution in [3.05, 3.63) is 30.0 Å². The van der Waals surface area contributed by atoms with Gasteiger partial charge in [-0.15, -0.1) is 0 Å². The van der Waals surface area contributed by atoms with Crippen molar-refractivity contribution in [1.29, 1.82) is 0 Å². The molecule has 1 N–H and O–H groups in total. The highest BCUT2D eigenvalue weighted by molar-refractivity contribution is 5.87. The standard InChI is InChI=1S/C14H17N3O/c1-18-13-6-2-5-12-14(13)10(9-16-17-12)8-11-4-3-7-15-11/h2,5-6,9,11,15H,3-4,7-8H2,1H3/t11-/m1/s1. The fourth-order valence-corrected chi connectivity index (χ4v) is 2.67. The zero-order valence-corrected chi connectivity index (χ0v) is 10.5. The van der Waals surface area contributed by atoms with Gasteiger partial charge in [0.05, 0.1) is 18.8 Å². The zero-order chi connectivity index (χ0) is 12.4. The van der Waals surface area contributed by atoms with Crippen LogP contribution in [0, 0.1) is 0 Å². The summed E-state index contributed by atoms with van der Waals surface area (Å²) in [5, 5.41) is 12.9. The van der Waals surface area contributed by atoms with Crippen LogP contribution in [0.4, 0.5) is 0 Å². The summed E-state index contributed by atoms with van der Waals surface area (Å²) >= 11 is 0. The number of ether oxygens (including phenoxy) is 1. The van der Waals surface area contributed by atoms with Gasteiger partial charge in [0.15, 0.2) is 0 Å². The maximum absolute atomic E-state index is 5.44. The molecule has 0 unspecified atom stereocenters. The Morgan fingerprint density at radius 2 is 2.39 bits per heavy atom. The van der Waals surface area contributed by atoms with E-state index in [1.807, 2.05) is 24.4 Å². The molecular weight excluding hydrogens is 226 g/mol. The molecule has 18 heavy (non-hydrogen) atoms. The molecule has 1 aromatic heterocycles. The topological polar surface area (TPSA) is 47.0 Å². The van der Waals surface area contributed by atoms with Crippen LogP contribution in [0.2, 0.25) is 0 Å². The van der Waals surface area contributed by atoms with Gasteiger partial charge < -0.3 is 10.1 Å². The van der Waals surface area contributed by atoms with Crippen LogP contribution in [-0.4, -0.2) is 29.9 Å². The van der Waals surface area contributed by atoms with Gasteiger partial charge in [0.1, 0.15) is 5.75 Å². The van der Waals surface area contributed by atoms with Crippen molar-refractivity contribution in [1.82, 2.24) is 15.5 Å². The molecule has 94 valence electrons. The Balaban J connectivity index is 2.04. The molecule has 4 nitrogen and oxygen atoms in total. The average molecular weight is 243 g/mol. The van der Waals surface area contributed by atoms with Gasteiger partial charge in [-0.05, 0) is 43.5 Å². The molecule has 0 spiro atoms. The molecule has 1 fully saturated rings. The Labute approximate surface area is 106 Å². The van der Waals surface area contributed by atoms with E-state index < -0.39 is 0 Å². The number of benzene rings is 1. The van der Waals surface area contributed by atoms with Crippen LogP contribution >= 0.6 is 0 Å². The number of methoxy groups -OCH3 is 1. The van der Waals surface area contributed by atoms with E-state index in [0.717, 1.165) is 29.6 Å². The fraction of sp³-hybridized carbons (Fsp3) is 0.429. The van der Waals surface area contributed by atoms with E-state index in [1.165, 1.54) is 18.4 Å². The van der Waals surface area contributed by atoms with Crippen LogP contribution in [0.5, 0.6) is 5.75 Å². The predicted octanol–water partition coefficient (Wildman–Crippen LogP) is 1.93. The third-order valence-electron chi connectivity index (χ3n) is 3.55. The zero-order valence-electron chi connectivity index (χ0n) is 10.5. The Kier molecular flexibility index (Phi) is 3.11. The maximum atomic E-state index is 5.44. The van der Waals surface area contributed by atoms with Gasteiger partial charge in [-0.2, -0.15) is 10.2 Å². The Bertz CT molecular complexity index is 544. The van der Waals surface area contributed by atoms with Crippen LogP contribution in [0.3, 0.4) is 0 Å². The summed E-state index contributed by atoms with van der Waals surface area (Å²) < 4.78 is 5.44. The molecular formula is C14H17N3O. The summed E-state index contributed by atoms with van der Waals surface area (Å²) in [6, 6.07) is 6.47. The van der Waals surface area contributed by atoms with Crippen LogP contribution < -0.4 is 10.1 Å². The summed E-state index contributed by atoms with van der Waals surface area (Å²) in [7, 11) is 1.70. The largest absolute Gasteiger partial charge is 0.496 e. The quantitative estimate of drug-likeness (QED) is 0.895. The lowest BCUT2D eigenvalue weighted by molar-refractivity contribution is 0.419. The summed E-state index contributed by atoms with van der Waals surface area (Å²) in [5.74, 6) is 0.885. The van der Waals surface area contributed by atoms with Crippen molar-refractivity contribution in [2.45, 2.75) is 25.3 Å². The molecule has 0 radical (unpaired) electrons. The molecule has 0 aliphatic carbocycles. The molecule has 0 bridgehead atoms. The first kappa shape index (κ1) is 11.4. The van der Waals surface area contributed by atoms with Gasteiger partial charge in [0.2, 0.25) is 0 Å². The summed E-state index contributed by atoms with van der Waals surface area (Å²) in [6.07, 6.45) is 5.36. The second kappa shape index (κ2) is 4.90. The Morgan fingerprint density at radius 1 is 1.44 bits per heavy atom. The third kappa shape index (κ3) is 2.04. The molecule has 1 atom stereocenters. The second-order valence-corrected chi connectivity index (χ2v) is 4.72. The molecule has 1 saturated heterocycles. The van der Waals surface area contributed by atoms with Crippen molar-refractivity contribution in [2.75, 3.05) is 13.7 Å². The van der Waals surface area contributed by atoms with Crippen molar-refractivity contribution in [2.24, 2.45) is 0 Å². The van der Waals surface area contributed by atoms with Crippen molar-refractivity contribution >= 4 is 10.9 Å². The summed E-state index contributed by atoms with van der Waals surface area (Å²) in [6.45, 7) is 1.12. The average Bonchev–Trinajstić information content (AvgIpc) is 2.91. The number of nitrogens with zero attached hydrogens (tertiary/aromatic N) is 2. The lowest BCUT2D eigenvalue weighted by Gasteiger charge is -2.13. The van der Waals surface area contributed by atoms with E-state index in [4.69, 9.17) is 4.74 Å². The molecule has 1 aliphatic rings. The molecule has 4 heteroatoms. The minimum Gasteiger partial charge on any atom is -0.496 e. The molecule has 1 aromatic carbocycles. The SMILES string of the molecule is COc1cccc2nncc(C[C@H]3CCCN3)c12. The van der Waals surface area contributed by atoms with Crippen molar-refractivity contribution in [3.8, 4) is 5.75 Å². The van der Waals surface area contributed by atoms with Gasteiger partial charge in [0.25, 0.3) is 0 Å². The summed E-state index contributed by atoms with van der Waals surface area (Å²) in [4.78, 5) is 0. The Hall–Kier alpha value is -1.68. The number of rotatable bonds is 3. The Morgan fingerprint density at radius 3 is 3.17 bits per heavy atom. The monoisotopic (exact) mass is 243 g/mol. The lowest BCUT2D eigenvalue weighted by atomic mass is 10.0.